The van der Waals surface area contributed by atoms with Gasteiger partial charge in [-0.2, -0.15) is 5.10 Å². The van der Waals surface area contributed by atoms with Crippen LogP contribution >= 0.6 is 28.7 Å². The summed E-state index contributed by atoms with van der Waals surface area (Å²) in [5.41, 5.74) is -4.88. The summed E-state index contributed by atoms with van der Waals surface area (Å²) in [6.45, 7) is 3.93. The molecule has 13 heteroatoms. The molecule has 1 aliphatic heterocycles. The fourth-order valence-electron chi connectivity index (χ4n) is 3.62. The lowest BCUT2D eigenvalue weighted by atomic mass is 9.89. The number of benzene rings is 2. The SMILES string of the molecule is CCOP(=S)(OCC)Sc1ncnn1C[C@]1(c2ccc(F)cc2F)O[C@]1(F)c1ccccc1Cl. The molecule has 0 radical (unpaired) electrons. The highest BCUT2D eigenvalue weighted by atomic mass is 35.5. The summed E-state index contributed by atoms with van der Waals surface area (Å²) in [6, 6.07) is 9.04. The number of alkyl halides is 1. The van der Waals surface area contributed by atoms with E-state index in [9.17, 15) is 8.78 Å². The van der Waals surface area contributed by atoms with E-state index in [1.807, 2.05) is 0 Å². The molecule has 3 aromatic rings. The van der Waals surface area contributed by atoms with E-state index < -0.39 is 28.8 Å². The Morgan fingerprint density at radius 1 is 1.15 bits per heavy atom. The van der Waals surface area contributed by atoms with Crippen molar-refractivity contribution < 1.29 is 27.0 Å². The van der Waals surface area contributed by atoms with Crippen LogP contribution < -0.4 is 0 Å². The third-order valence-electron chi connectivity index (χ3n) is 5.10. The van der Waals surface area contributed by atoms with Crippen LogP contribution in [0, 0.1) is 11.6 Å². The summed E-state index contributed by atoms with van der Waals surface area (Å²) >= 11 is 12.9. The molecule has 0 bridgehead atoms. The number of aromatic nitrogens is 3. The standard InChI is InChI=1S/C21H20ClF3N3O3PS2/c1-3-29-32(33,30-4-2)34-19-26-13-27-28(19)12-20(16-10-9-14(23)11-18(16)24)21(25,31-20)15-7-5-6-8-17(15)22/h5-11,13H,3-4,12H2,1-2H3/t20-,21-/m1/s1. The Morgan fingerprint density at radius 2 is 1.85 bits per heavy atom. The maximum atomic E-state index is 16.4. The minimum Gasteiger partial charge on any atom is -0.322 e. The molecule has 1 fully saturated rings. The van der Waals surface area contributed by atoms with E-state index in [-0.39, 0.29) is 27.9 Å². The van der Waals surface area contributed by atoms with Crippen LogP contribution in [0.25, 0.3) is 0 Å². The Morgan fingerprint density at radius 3 is 2.50 bits per heavy atom. The Hall–Kier alpha value is -1.46. The molecule has 182 valence electrons. The molecular weight excluding hydrogens is 530 g/mol. The van der Waals surface area contributed by atoms with Crippen molar-refractivity contribution in [2.45, 2.75) is 37.0 Å². The highest BCUT2D eigenvalue weighted by Gasteiger charge is 2.75. The van der Waals surface area contributed by atoms with Crippen LogP contribution in [0.1, 0.15) is 25.0 Å². The maximum Gasteiger partial charge on any atom is 0.273 e. The molecular formula is C21H20ClF3N3O3PS2. The number of hydrogen-bond acceptors (Lipinski definition) is 7. The minimum atomic E-state index is -2.82. The van der Waals surface area contributed by atoms with Crippen LogP contribution in [-0.2, 0) is 43.6 Å². The molecule has 0 amide bonds. The number of halogens is 4. The number of hydrogen-bond donors (Lipinski definition) is 0. The molecule has 2 heterocycles. The summed E-state index contributed by atoms with van der Waals surface area (Å²) in [5.74, 6) is -4.27. The third-order valence-corrected chi connectivity index (χ3v) is 10.4. The van der Waals surface area contributed by atoms with Gasteiger partial charge in [-0.15, -0.1) is 0 Å². The lowest BCUT2D eigenvalue weighted by molar-refractivity contribution is 0.139. The summed E-state index contributed by atoms with van der Waals surface area (Å²) in [7, 11) is 0. The predicted molar refractivity (Wildman–Crippen MR) is 127 cm³/mol. The molecule has 2 atom stereocenters. The molecule has 0 spiro atoms. The van der Waals surface area contributed by atoms with E-state index in [1.54, 1.807) is 26.0 Å². The van der Waals surface area contributed by atoms with Crippen LogP contribution in [0.3, 0.4) is 0 Å². The van der Waals surface area contributed by atoms with Gasteiger partial charge in [0.1, 0.15) is 18.0 Å². The van der Waals surface area contributed by atoms with E-state index in [0.717, 1.165) is 23.5 Å². The molecule has 0 unspecified atom stereocenters. The fraction of sp³-hybridized carbons (Fsp3) is 0.333. The molecule has 1 aliphatic rings. The van der Waals surface area contributed by atoms with Crippen molar-refractivity contribution in [3.63, 3.8) is 0 Å². The Bertz CT molecular complexity index is 1240. The summed E-state index contributed by atoms with van der Waals surface area (Å²) < 4.78 is 63.2. The van der Waals surface area contributed by atoms with Crippen LogP contribution in [0.5, 0.6) is 0 Å². The first-order valence-corrected chi connectivity index (χ1v) is 14.7. The van der Waals surface area contributed by atoms with Crippen molar-refractivity contribution in [1.82, 2.24) is 14.8 Å². The Balaban J connectivity index is 1.76. The molecule has 4 rings (SSSR count). The number of nitrogens with zero attached hydrogens (tertiary/aromatic N) is 3. The molecule has 6 nitrogen and oxygen atoms in total. The van der Waals surface area contributed by atoms with Gasteiger partial charge in [0.15, 0.2) is 10.8 Å². The van der Waals surface area contributed by atoms with Gasteiger partial charge in [-0.1, -0.05) is 29.8 Å². The van der Waals surface area contributed by atoms with Gasteiger partial charge in [0, 0.05) is 33.6 Å². The van der Waals surface area contributed by atoms with Crippen LogP contribution in [0.4, 0.5) is 13.2 Å². The number of epoxide rings is 1. The monoisotopic (exact) mass is 549 g/mol. The second-order valence-corrected chi connectivity index (χ2v) is 13.7. The van der Waals surface area contributed by atoms with Gasteiger partial charge < -0.3 is 13.8 Å². The molecule has 0 saturated carbocycles. The van der Waals surface area contributed by atoms with Crippen molar-refractivity contribution in [1.29, 1.82) is 0 Å². The molecule has 2 aromatic carbocycles. The van der Waals surface area contributed by atoms with Crippen LogP contribution in [0.2, 0.25) is 5.02 Å². The average Bonchev–Trinajstić information content (AvgIpc) is 3.14. The van der Waals surface area contributed by atoms with E-state index in [0.29, 0.717) is 19.3 Å². The predicted octanol–water partition coefficient (Wildman–Crippen LogP) is 6.35. The molecule has 0 aliphatic carbocycles. The molecule has 0 N–H and O–H groups in total. The second kappa shape index (κ2) is 9.89. The van der Waals surface area contributed by atoms with Gasteiger partial charge in [0.05, 0.1) is 19.8 Å². The molecule has 1 aromatic heterocycles. The highest BCUT2D eigenvalue weighted by molar-refractivity contribution is 8.67. The zero-order chi connectivity index (χ0) is 24.6. The Labute approximate surface area is 208 Å². The fourth-order valence-corrected chi connectivity index (χ4v) is 8.40. The first kappa shape index (κ1) is 25.6. The van der Waals surface area contributed by atoms with Gasteiger partial charge in [0.25, 0.3) is 11.5 Å². The lowest BCUT2D eigenvalue weighted by Crippen LogP contribution is -2.27. The van der Waals surface area contributed by atoms with Gasteiger partial charge in [-0.05, 0) is 43.9 Å². The summed E-state index contributed by atoms with van der Waals surface area (Å²) in [6.07, 6.45) is 1.26. The molecule has 34 heavy (non-hydrogen) atoms. The number of ether oxygens (including phenoxy) is 1. The average molecular weight is 550 g/mol. The summed E-state index contributed by atoms with van der Waals surface area (Å²) in [4.78, 5) is 4.20. The minimum absolute atomic E-state index is 0.0171. The smallest absolute Gasteiger partial charge is 0.273 e. The lowest BCUT2D eigenvalue weighted by Gasteiger charge is -2.21. The summed E-state index contributed by atoms with van der Waals surface area (Å²) in [5, 5.41) is 4.55. The van der Waals surface area contributed by atoms with E-state index in [1.165, 1.54) is 23.1 Å². The van der Waals surface area contributed by atoms with Crippen molar-refractivity contribution in [3.8, 4) is 0 Å². The van der Waals surface area contributed by atoms with Crippen molar-refractivity contribution >= 4 is 40.5 Å². The van der Waals surface area contributed by atoms with Gasteiger partial charge in [0.2, 0.25) is 0 Å². The molecule has 1 saturated heterocycles. The second-order valence-electron chi connectivity index (χ2n) is 7.20. The number of rotatable bonds is 10. The van der Waals surface area contributed by atoms with Crippen molar-refractivity contribution in [2.75, 3.05) is 13.2 Å². The van der Waals surface area contributed by atoms with Gasteiger partial charge in [-0.25, -0.2) is 22.8 Å². The zero-order valence-corrected chi connectivity index (χ0v) is 21.4. The first-order valence-electron chi connectivity index (χ1n) is 10.2. The Kier molecular flexibility index (Phi) is 7.45. The normalized spacial score (nSPS) is 22.2. The topological polar surface area (TPSA) is 61.7 Å². The van der Waals surface area contributed by atoms with Gasteiger partial charge in [-0.3, -0.25) is 0 Å². The zero-order valence-electron chi connectivity index (χ0n) is 18.1. The maximum absolute atomic E-state index is 16.4. The van der Waals surface area contributed by atoms with E-state index >= 15 is 4.39 Å². The first-order chi connectivity index (χ1) is 16.2. The van der Waals surface area contributed by atoms with Crippen LogP contribution in [0.15, 0.2) is 53.9 Å². The largest absolute Gasteiger partial charge is 0.322 e. The third kappa shape index (κ3) is 4.67. The highest BCUT2D eigenvalue weighted by Crippen LogP contribution is 2.67. The van der Waals surface area contributed by atoms with E-state index in [2.05, 4.69) is 10.1 Å². The van der Waals surface area contributed by atoms with Crippen molar-refractivity contribution in [2.24, 2.45) is 0 Å². The quantitative estimate of drug-likeness (QED) is 0.216. The van der Waals surface area contributed by atoms with Crippen LogP contribution in [-0.4, -0.2) is 28.0 Å². The van der Waals surface area contributed by atoms with E-state index in [4.69, 9.17) is 37.2 Å². The van der Waals surface area contributed by atoms with Crippen molar-refractivity contribution in [3.05, 3.63) is 76.6 Å². The van der Waals surface area contributed by atoms with Gasteiger partial charge >= 0.3 is 0 Å².